The second-order valence-corrected chi connectivity index (χ2v) is 5.66. The Balaban J connectivity index is 2.08. The maximum absolute atomic E-state index is 12.3. The van der Waals surface area contributed by atoms with E-state index in [-0.39, 0.29) is 18.2 Å². The van der Waals surface area contributed by atoms with Gasteiger partial charge in [-0.05, 0) is 49.6 Å². The molecule has 0 amide bonds. The Labute approximate surface area is 131 Å². The molecule has 0 saturated heterocycles. The summed E-state index contributed by atoms with van der Waals surface area (Å²) in [4.78, 5) is 24.5. The zero-order valence-corrected chi connectivity index (χ0v) is 13.2. The Kier molecular flexibility index (Phi) is 5.01. The number of carbonyl (C=O) groups is 2. The molecule has 22 heavy (non-hydrogen) atoms. The number of Topliss-reactive ketones (excluding diaryl/α,β-unsaturated/α-hetero) is 2. The highest BCUT2D eigenvalue weighted by Crippen LogP contribution is 2.40. The normalized spacial score (nSPS) is 21.3. The monoisotopic (exact) mass is 302 g/mol. The van der Waals surface area contributed by atoms with Crippen LogP contribution in [0.1, 0.15) is 32.6 Å². The van der Waals surface area contributed by atoms with Gasteiger partial charge in [0.05, 0.1) is 7.11 Å². The van der Waals surface area contributed by atoms with Gasteiger partial charge in [-0.25, -0.2) is 0 Å². The quantitative estimate of drug-likeness (QED) is 0.597. The second kappa shape index (κ2) is 6.77. The minimum atomic E-state index is -1.05. The fraction of sp³-hybridized carbons (Fsp3) is 0.444. The van der Waals surface area contributed by atoms with Crippen molar-refractivity contribution in [3.63, 3.8) is 0 Å². The number of benzene rings is 1. The van der Waals surface area contributed by atoms with Gasteiger partial charge in [-0.2, -0.15) is 0 Å². The van der Waals surface area contributed by atoms with Crippen molar-refractivity contribution in [1.29, 1.82) is 0 Å². The van der Waals surface area contributed by atoms with Crippen molar-refractivity contribution < 1.29 is 19.1 Å². The van der Waals surface area contributed by atoms with Crippen LogP contribution in [0.25, 0.3) is 0 Å². The molecule has 2 rings (SSSR count). The molecule has 0 N–H and O–H groups in total. The summed E-state index contributed by atoms with van der Waals surface area (Å²) < 4.78 is 10.8. The lowest BCUT2D eigenvalue weighted by atomic mass is 9.66. The van der Waals surface area contributed by atoms with Crippen molar-refractivity contribution in [3.8, 4) is 11.5 Å². The van der Waals surface area contributed by atoms with Gasteiger partial charge in [0.15, 0.2) is 5.78 Å². The van der Waals surface area contributed by atoms with Gasteiger partial charge >= 0.3 is 0 Å². The first kappa shape index (κ1) is 16.3. The Hall–Kier alpha value is -2.10. The summed E-state index contributed by atoms with van der Waals surface area (Å²) in [7, 11) is 1.60. The molecule has 1 aliphatic carbocycles. The van der Waals surface area contributed by atoms with E-state index in [2.05, 4.69) is 6.58 Å². The minimum absolute atomic E-state index is 0.0189. The van der Waals surface area contributed by atoms with Gasteiger partial charge in [0.25, 0.3) is 0 Å². The van der Waals surface area contributed by atoms with Crippen LogP contribution in [-0.2, 0) is 9.59 Å². The first-order valence-corrected chi connectivity index (χ1v) is 7.50. The van der Waals surface area contributed by atoms with Gasteiger partial charge in [0, 0.05) is 6.42 Å². The van der Waals surface area contributed by atoms with Crippen LogP contribution >= 0.6 is 0 Å². The average Bonchev–Trinajstić information content (AvgIpc) is 2.53. The van der Waals surface area contributed by atoms with Crippen LogP contribution in [0.5, 0.6) is 11.5 Å². The lowest BCUT2D eigenvalue weighted by Crippen LogP contribution is -2.43. The summed E-state index contributed by atoms with van der Waals surface area (Å²) in [6, 6.07) is 7.17. The van der Waals surface area contributed by atoms with Gasteiger partial charge in [0.2, 0.25) is 0 Å². The van der Waals surface area contributed by atoms with Crippen LogP contribution in [0.4, 0.5) is 0 Å². The summed E-state index contributed by atoms with van der Waals surface area (Å²) in [6.07, 6.45) is 2.71. The fourth-order valence-corrected chi connectivity index (χ4v) is 2.99. The van der Waals surface area contributed by atoms with Crippen LogP contribution in [0.2, 0.25) is 0 Å². The second-order valence-electron chi connectivity index (χ2n) is 5.66. The summed E-state index contributed by atoms with van der Waals surface area (Å²) in [5, 5.41) is 0. The van der Waals surface area contributed by atoms with E-state index in [0.29, 0.717) is 24.2 Å². The number of ether oxygens (including phenoxy) is 2. The smallest absolute Gasteiger partial charge is 0.150 e. The molecule has 1 unspecified atom stereocenters. The number of hydrogen-bond donors (Lipinski definition) is 0. The van der Waals surface area contributed by atoms with E-state index in [1.165, 1.54) is 6.92 Å². The molecule has 1 fully saturated rings. The van der Waals surface area contributed by atoms with Crippen LogP contribution < -0.4 is 9.47 Å². The lowest BCUT2D eigenvalue weighted by Gasteiger charge is -2.35. The molecule has 4 nitrogen and oxygen atoms in total. The fourth-order valence-electron chi connectivity index (χ4n) is 2.99. The molecule has 0 heterocycles. The molecule has 1 atom stereocenters. The predicted molar refractivity (Wildman–Crippen MR) is 84.2 cm³/mol. The maximum Gasteiger partial charge on any atom is 0.150 e. The molecule has 0 bridgehead atoms. The van der Waals surface area contributed by atoms with E-state index in [1.54, 1.807) is 31.4 Å². The van der Waals surface area contributed by atoms with E-state index >= 15 is 0 Å². The number of methoxy groups -OCH3 is 1. The third-order valence-electron chi connectivity index (χ3n) is 4.36. The zero-order valence-electron chi connectivity index (χ0n) is 13.2. The van der Waals surface area contributed by atoms with Crippen LogP contribution in [0.3, 0.4) is 0 Å². The standard InChI is InChI=1S/C18H22O4/c1-13(12-22-16-9-7-15(21-3)8-10-16)18(14(2)19)11-5-4-6-17(18)20/h7-10H,1,4-6,11-12H2,2-3H3. The SMILES string of the molecule is C=C(COc1ccc(OC)cc1)C1(C(C)=O)CCCCC1=O. The molecule has 0 radical (unpaired) electrons. The Morgan fingerprint density at radius 1 is 1.23 bits per heavy atom. The van der Waals surface area contributed by atoms with Crippen LogP contribution in [0.15, 0.2) is 36.4 Å². The third-order valence-corrected chi connectivity index (χ3v) is 4.36. The van der Waals surface area contributed by atoms with Gasteiger partial charge in [-0.1, -0.05) is 13.0 Å². The average molecular weight is 302 g/mol. The molecular weight excluding hydrogens is 280 g/mol. The van der Waals surface area contributed by atoms with Gasteiger partial charge < -0.3 is 9.47 Å². The van der Waals surface area contributed by atoms with Crippen molar-refractivity contribution >= 4 is 11.6 Å². The summed E-state index contributed by atoms with van der Waals surface area (Å²) >= 11 is 0. The molecule has 4 heteroatoms. The van der Waals surface area contributed by atoms with Gasteiger partial charge in [0.1, 0.15) is 29.3 Å². The summed E-state index contributed by atoms with van der Waals surface area (Å²) in [5.74, 6) is 1.26. The molecule has 0 spiro atoms. The molecule has 118 valence electrons. The van der Waals surface area contributed by atoms with E-state index in [9.17, 15) is 9.59 Å². The van der Waals surface area contributed by atoms with Crippen LogP contribution in [-0.4, -0.2) is 25.3 Å². The number of carbonyl (C=O) groups excluding carboxylic acids is 2. The van der Waals surface area contributed by atoms with Crippen molar-refractivity contribution in [1.82, 2.24) is 0 Å². The summed E-state index contributed by atoms with van der Waals surface area (Å²) in [5.41, 5.74) is -0.495. The molecule has 1 aliphatic rings. The van der Waals surface area contributed by atoms with E-state index in [4.69, 9.17) is 9.47 Å². The number of ketones is 2. The molecule has 1 aromatic rings. The Bertz CT molecular complexity index is 573. The predicted octanol–water partition coefficient (Wildman–Crippen LogP) is 3.35. The molecular formula is C18H22O4. The first-order valence-electron chi connectivity index (χ1n) is 7.50. The van der Waals surface area contributed by atoms with E-state index in [1.807, 2.05) is 0 Å². The van der Waals surface area contributed by atoms with E-state index < -0.39 is 5.41 Å². The van der Waals surface area contributed by atoms with Gasteiger partial charge in [-0.15, -0.1) is 0 Å². The highest BCUT2D eigenvalue weighted by Gasteiger charge is 2.46. The Morgan fingerprint density at radius 3 is 2.41 bits per heavy atom. The van der Waals surface area contributed by atoms with Crippen LogP contribution in [0, 0.1) is 5.41 Å². The largest absolute Gasteiger partial charge is 0.497 e. The summed E-state index contributed by atoms with van der Waals surface area (Å²) in [6.45, 7) is 5.62. The topological polar surface area (TPSA) is 52.6 Å². The lowest BCUT2D eigenvalue weighted by molar-refractivity contribution is -0.139. The van der Waals surface area contributed by atoms with Crippen molar-refractivity contribution in [3.05, 3.63) is 36.4 Å². The highest BCUT2D eigenvalue weighted by atomic mass is 16.5. The number of hydrogen-bond acceptors (Lipinski definition) is 4. The van der Waals surface area contributed by atoms with E-state index in [0.717, 1.165) is 18.6 Å². The van der Waals surface area contributed by atoms with Gasteiger partial charge in [-0.3, -0.25) is 9.59 Å². The number of rotatable bonds is 6. The first-order chi connectivity index (χ1) is 10.5. The maximum atomic E-state index is 12.3. The highest BCUT2D eigenvalue weighted by molar-refractivity contribution is 6.09. The molecule has 1 aromatic carbocycles. The van der Waals surface area contributed by atoms with Crippen molar-refractivity contribution in [2.45, 2.75) is 32.6 Å². The molecule has 0 aliphatic heterocycles. The minimum Gasteiger partial charge on any atom is -0.497 e. The molecule has 1 saturated carbocycles. The zero-order chi connectivity index (χ0) is 16.2. The van der Waals surface area contributed by atoms with Crippen molar-refractivity contribution in [2.24, 2.45) is 5.41 Å². The third kappa shape index (κ3) is 3.06. The molecule has 0 aromatic heterocycles. The Morgan fingerprint density at radius 2 is 1.86 bits per heavy atom. The van der Waals surface area contributed by atoms with Crippen molar-refractivity contribution in [2.75, 3.05) is 13.7 Å².